The van der Waals surface area contributed by atoms with E-state index >= 15 is 0 Å². The summed E-state index contributed by atoms with van der Waals surface area (Å²) < 4.78 is 26.7. The molecule has 0 aromatic heterocycles. The highest BCUT2D eigenvalue weighted by atomic mass is 19.3. The van der Waals surface area contributed by atoms with Crippen LogP contribution in [-0.2, 0) is 17.8 Å². The highest BCUT2D eigenvalue weighted by molar-refractivity contribution is 5.78. The van der Waals surface area contributed by atoms with Gasteiger partial charge in [0, 0.05) is 45.6 Å². The first-order valence-corrected chi connectivity index (χ1v) is 10.1. The first-order valence-electron chi connectivity index (χ1n) is 10.1. The second-order valence-corrected chi connectivity index (χ2v) is 8.24. The molecule has 7 heteroatoms. The number of amides is 1. The van der Waals surface area contributed by atoms with Gasteiger partial charge in [-0.15, -0.1) is 0 Å². The Balaban J connectivity index is 1.51. The average molecular weight is 396 g/mol. The second kappa shape index (κ2) is 8.84. The van der Waals surface area contributed by atoms with E-state index in [1.54, 1.807) is 4.90 Å². The Morgan fingerprint density at radius 1 is 0.964 bits per heavy atom. The molecule has 2 fully saturated rings. The molecule has 2 heterocycles. The van der Waals surface area contributed by atoms with Gasteiger partial charge in [0.25, 0.3) is 5.92 Å². The van der Waals surface area contributed by atoms with Crippen LogP contribution in [0.4, 0.5) is 8.78 Å². The topological polar surface area (TPSA) is 64.0 Å². The van der Waals surface area contributed by atoms with Crippen LogP contribution in [0.2, 0.25) is 0 Å². The quantitative estimate of drug-likeness (QED) is 0.801. The number of nitrogens with zero attached hydrogens (tertiary/aromatic N) is 2. The summed E-state index contributed by atoms with van der Waals surface area (Å²) in [5.41, 5.74) is 0.784. The maximum absolute atomic E-state index is 13.3. The van der Waals surface area contributed by atoms with E-state index in [1.807, 2.05) is 29.2 Å². The van der Waals surface area contributed by atoms with Crippen molar-refractivity contribution in [2.24, 2.45) is 0 Å². The summed E-state index contributed by atoms with van der Waals surface area (Å²) in [7, 11) is 0. The van der Waals surface area contributed by atoms with Crippen LogP contribution >= 0.6 is 0 Å². The molecule has 2 aliphatic heterocycles. The molecular weight excluding hydrogens is 366 g/mol. The lowest BCUT2D eigenvalue weighted by Crippen LogP contribution is -2.48. The van der Waals surface area contributed by atoms with Crippen molar-refractivity contribution in [1.29, 1.82) is 0 Å². The number of likely N-dealkylation sites (tertiary alicyclic amines) is 2. The minimum absolute atomic E-state index is 0.0202. The number of alkyl halides is 2. The molecule has 2 N–H and O–H groups in total. The summed E-state index contributed by atoms with van der Waals surface area (Å²) in [4.78, 5) is 16.4. The van der Waals surface area contributed by atoms with Gasteiger partial charge in [-0.2, -0.15) is 0 Å². The lowest BCUT2D eigenvalue weighted by Gasteiger charge is -2.37. The highest BCUT2D eigenvalue weighted by Gasteiger charge is 2.38. The van der Waals surface area contributed by atoms with Crippen LogP contribution < -0.4 is 0 Å². The third kappa shape index (κ3) is 5.72. The van der Waals surface area contributed by atoms with Crippen molar-refractivity contribution in [3.8, 4) is 0 Å². The van der Waals surface area contributed by atoms with Crippen molar-refractivity contribution in [1.82, 2.24) is 9.80 Å². The minimum Gasteiger partial charge on any atom is -0.392 e. The van der Waals surface area contributed by atoms with Crippen LogP contribution in [0.5, 0.6) is 0 Å². The molecule has 1 atom stereocenters. The van der Waals surface area contributed by atoms with Gasteiger partial charge >= 0.3 is 0 Å². The van der Waals surface area contributed by atoms with E-state index in [9.17, 15) is 18.7 Å². The van der Waals surface area contributed by atoms with Gasteiger partial charge in [-0.1, -0.05) is 24.3 Å². The average Bonchev–Trinajstić information content (AvgIpc) is 2.86. The first-order chi connectivity index (χ1) is 13.3. The number of hydrogen-bond donors (Lipinski definition) is 2. The number of halogens is 2. The fourth-order valence-corrected chi connectivity index (χ4v) is 4.09. The number of rotatable bonds is 5. The minimum atomic E-state index is -2.58. The van der Waals surface area contributed by atoms with Crippen molar-refractivity contribution in [3.63, 3.8) is 0 Å². The summed E-state index contributed by atoms with van der Waals surface area (Å²) in [5, 5.41) is 20.1. The van der Waals surface area contributed by atoms with Gasteiger partial charge in [0.15, 0.2) is 0 Å². The van der Waals surface area contributed by atoms with E-state index < -0.39 is 11.5 Å². The zero-order chi connectivity index (χ0) is 20.2. The predicted molar refractivity (Wildman–Crippen MR) is 102 cm³/mol. The molecule has 156 valence electrons. The van der Waals surface area contributed by atoms with Crippen LogP contribution in [0.15, 0.2) is 24.3 Å². The van der Waals surface area contributed by atoms with Crippen LogP contribution in [-0.4, -0.2) is 70.2 Å². The molecule has 0 radical (unpaired) electrons. The fraction of sp³-hybridized carbons (Fsp3) is 0.667. The summed E-state index contributed by atoms with van der Waals surface area (Å²) in [6.45, 7) is 2.08. The lowest BCUT2D eigenvalue weighted by atomic mass is 9.93. The van der Waals surface area contributed by atoms with E-state index in [0.717, 1.165) is 11.1 Å². The van der Waals surface area contributed by atoms with E-state index in [4.69, 9.17) is 5.11 Å². The number of piperidine rings is 1. The van der Waals surface area contributed by atoms with Crippen LogP contribution in [0, 0.1) is 0 Å². The number of carbonyl (C=O) groups excluding carboxylic acids is 1. The number of carbonyl (C=O) groups is 1. The van der Waals surface area contributed by atoms with Gasteiger partial charge in [0.05, 0.1) is 18.6 Å². The first kappa shape index (κ1) is 21.1. The zero-order valence-electron chi connectivity index (χ0n) is 16.2. The number of benzene rings is 1. The van der Waals surface area contributed by atoms with Gasteiger partial charge in [-0.25, -0.2) is 8.78 Å². The third-order valence-corrected chi connectivity index (χ3v) is 5.94. The zero-order valence-corrected chi connectivity index (χ0v) is 16.2. The van der Waals surface area contributed by atoms with E-state index in [-0.39, 0.29) is 25.4 Å². The SMILES string of the molecule is O=C(Cc1ccc(CO)cc1)N1CCC[C@](O)(CN2CCC(F)(F)CC2)CC1. The van der Waals surface area contributed by atoms with Crippen molar-refractivity contribution < 1.29 is 23.8 Å². The molecule has 0 aliphatic carbocycles. The van der Waals surface area contributed by atoms with Crippen LogP contribution in [0.25, 0.3) is 0 Å². The molecule has 0 bridgehead atoms. The van der Waals surface area contributed by atoms with Gasteiger partial charge in [0.1, 0.15) is 0 Å². The summed E-state index contributed by atoms with van der Waals surface area (Å²) in [6, 6.07) is 7.32. The molecule has 2 saturated heterocycles. The molecule has 28 heavy (non-hydrogen) atoms. The molecular formula is C21H30F2N2O3. The Morgan fingerprint density at radius 2 is 1.61 bits per heavy atom. The Labute approximate surface area is 164 Å². The summed E-state index contributed by atoms with van der Waals surface area (Å²) in [6.07, 6.45) is 1.75. The van der Waals surface area contributed by atoms with Crippen molar-refractivity contribution in [2.75, 3.05) is 32.7 Å². The maximum atomic E-state index is 13.3. The van der Waals surface area contributed by atoms with E-state index in [1.165, 1.54) is 0 Å². The Bertz CT molecular complexity index is 658. The molecule has 1 aromatic rings. The normalized spacial score (nSPS) is 26.1. The van der Waals surface area contributed by atoms with Crippen molar-refractivity contribution >= 4 is 5.91 Å². The summed E-state index contributed by atoms with van der Waals surface area (Å²) in [5.74, 6) is -2.56. The second-order valence-electron chi connectivity index (χ2n) is 8.24. The standard InChI is InChI=1S/C21H30F2N2O3/c22-21(23)8-11-24(12-9-21)16-20(28)6-1-10-25(13-7-20)19(27)14-17-2-4-18(15-26)5-3-17/h2-5,26,28H,1,6-16H2/t20-/m1/s1. The van der Waals surface area contributed by atoms with Gasteiger partial charge in [0.2, 0.25) is 5.91 Å². The Morgan fingerprint density at radius 3 is 2.25 bits per heavy atom. The molecule has 0 unspecified atom stereocenters. The van der Waals surface area contributed by atoms with E-state index in [0.29, 0.717) is 58.4 Å². The molecule has 1 amide bonds. The Hall–Kier alpha value is -1.57. The van der Waals surface area contributed by atoms with Crippen molar-refractivity contribution in [2.45, 2.75) is 56.7 Å². The van der Waals surface area contributed by atoms with Crippen LogP contribution in [0.1, 0.15) is 43.2 Å². The fourth-order valence-electron chi connectivity index (χ4n) is 4.09. The molecule has 3 rings (SSSR count). The van der Waals surface area contributed by atoms with Gasteiger partial charge in [-0.3, -0.25) is 4.79 Å². The lowest BCUT2D eigenvalue weighted by molar-refractivity contribution is -0.130. The number of hydrogen-bond acceptors (Lipinski definition) is 4. The predicted octanol–water partition coefficient (Wildman–Crippen LogP) is 2.20. The van der Waals surface area contributed by atoms with Crippen LogP contribution in [0.3, 0.4) is 0 Å². The summed E-state index contributed by atoms with van der Waals surface area (Å²) >= 11 is 0. The van der Waals surface area contributed by atoms with E-state index in [2.05, 4.69) is 0 Å². The van der Waals surface area contributed by atoms with Gasteiger partial charge < -0.3 is 20.0 Å². The Kier molecular flexibility index (Phi) is 6.68. The smallest absolute Gasteiger partial charge is 0.250 e. The molecule has 0 spiro atoms. The number of aliphatic hydroxyl groups is 2. The van der Waals surface area contributed by atoms with Crippen molar-refractivity contribution in [3.05, 3.63) is 35.4 Å². The highest BCUT2D eigenvalue weighted by Crippen LogP contribution is 2.30. The molecule has 5 nitrogen and oxygen atoms in total. The monoisotopic (exact) mass is 396 g/mol. The van der Waals surface area contributed by atoms with Gasteiger partial charge in [-0.05, 0) is 30.4 Å². The molecule has 0 saturated carbocycles. The number of aliphatic hydroxyl groups excluding tert-OH is 1. The molecule has 2 aliphatic rings. The number of β-amino-alcohol motifs (C(OH)–C–C–N with tert-alkyl or cyclic N) is 1. The largest absolute Gasteiger partial charge is 0.392 e. The molecule has 1 aromatic carbocycles. The third-order valence-electron chi connectivity index (χ3n) is 5.94. The maximum Gasteiger partial charge on any atom is 0.250 e.